The van der Waals surface area contributed by atoms with Crippen LogP contribution in [0, 0.1) is 11.3 Å². The van der Waals surface area contributed by atoms with Crippen LogP contribution in [0.3, 0.4) is 0 Å². The van der Waals surface area contributed by atoms with Crippen LogP contribution in [0.5, 0.6) is 0 Å². The number of nitrogens with two attached hydrogens (primary N) is 1. The zero-order chi connectivity index (χ0) is 10.4. The average Bonchev–Trinajstić information content (AvgIpc) is 2.05. The van der Waals surface area contributed by atoms with E-state index in [9.17, 15) is 0 Å². The highest BCUT2D eigenvalue weighted by molar-refractivity contribution is 5.21. The molecule has 0 aliphatic heterocycles. The summed E-state index contributed by atoms with van der Waals surface area (Å²) >= 11 is 0. The summed E-state index contributed by atoms with van der Waals surface area (Å²) in [6.45, 7) is 6.97. The zero-order valence-corrected chi connectivity index (χ0v) is 9.77. The van der Waals surface area contributed by atoms with Gasteiger partial charge in [-0.15, -0.1) is 0 Å². The Morgan fingerprint density at radius 1 is 1.43 bits per heavy atom. The molecule has 2 aliphatic rings. The van der Waals surface area contributed by atoms with Crippen LogP contribution in [0.15, 0.2) is 11.6 Å². The second kappa shape index (κ2) is 3.10. The van der Waals surface area contributed by atoms with Crippen molar-refractivity contribution in [1.82, 2.24) is 0 Å². The van der Waals surface area contributed by atoms with Gasteiger partial charge in [0.05, 0.1) is 0 Å². The summed E-state index contributed by atoms with van der Waals surface area (Å²) < 4.78 is 0. The van der Waals surface area contributed by atoms with E-state index in [-0.39, 0.29) is 5.54 Å². The first-order chi connectivity index (χ1) is 6.39. The molecule has 2 aliphatic carbocycles. The van der Waals surface area contributed by atoms with Gasteiger partial charge in [0.25, 0.3) is 0 Å². The highest BCUT2D eigenvalue weighted by Gasteiger charge is 2.38. The van der Waals surface area contributed by atoms with E-state index in [1.165, 1.54) is 25.7 Å². The molecule has 0 radical (unpaired) electrons. The minimum absolute atomic E-state index is 0.0492. The molecule has 2 rings (SSSR count). The molecule has 14 heavy (non-hydrogen) atoms. The summed E-state index contributed by atoms with van der Waals surface area (Å²) in [5.74, 6) is 0.858. The summed E-state index contributed by atoms with van der Waals surface area (Å²) in [6.07, 6.45) is 8.82. The van der Waals surface area contributed by atoms with Gasteiger partial charge >= 0.3 is 0 Å². The minimum atomic E-state index is -0.0492. The Morgan fingerprint density at radius 3 is 2.86 bits per heavy atom. The molecule has 2 N–H and O–H groups in total. The number of rotatable bonds is 0. The van der Waals surface area contributed by atoms with Gasteiger partial charge in [0.15, 0.2) is 0 Å². The van der Waals surface area contributed by atoms with Crippen LogP contribution >= 0.6 is 0 Å². The van der Waals surface area contributed by atoms with Crippen LogP contribution in [-0.2, 0) is 0 Å². The van der Waals surface area contributed by atoms with E-state index in [2.05, 4.69) is 26.8 Å². The third-order valence-electron chi connectivity index (χ3n) is 3.85. The van der Waals surface area contributed by atoms with Crippen LogP contribution < -0.4 is 5.73 Å². The van der Waals surface area contributed by atoms with E-state index in [1.54, 1.807) is 5.57 Å². The first-order valence-electron chi connectivity index (χ1n) is 5.88. The third kappa shape index (κ3) is 2.03. The van der Waals surface area contributed by atoms with E-state index in [4.69, 9.17) is 5.73 Å². The molecule has 0 amide bonds. The quantitative estimate of drug-likeness (QED) is 0.587. The molecular formula is C13H23N. The van der Waals surface area contributed by atoms with Crippen LogP contribution in [0.2, 0.25) is 0 Å². The predicted octanol–water partition coefficient (Wildman–Crippen LogP) is 3.25. The summed E-state index contributed by atoms with van der Waals surface area (Å²) in [6, 6.07) is 0. The SMILES string of the molecule is CC1CCC2(C)CC(=CC(C)(N)C2)C1. The van der Waals surface area contributed by atoms with Crippen LogP contribution in [-0.4, -0.2) is 5.54 Å². The Morgan fingerprint density at radius 2 is 2.14 bits per heavy atom. The first-order valence-corrected chi connectivity index (χ1v) is 5.88. The van der Waals surface area contributed by atoms with Gasteiger partial charge in [0, 0.05) is 5.54 Å². The molecular weight excluding hydrogens is 170 g/mol. The van der Waals surface area contributed by atoms with Crippen molar-refractivity contribution >= 4 is 0 Å². The van der Waals surface area contributed by atoms with Gasteiger partial charge in [-0.3, -0.25) is 0 Å². The molecule has 0 saturated heterocycles. The normalized spacial score (nSPS) is 48.3. The Kier molecular flexibility index (Phi) is 2.26. The molecule has 0 aromatic carbocycles. The molecule has 2 bridgehead atoms. The Balaban J connectivity index is 2.30. The van der Waals surface area contributed by atoms with Crippen LogP contribution in [0.4, 0.5) is 0 Å². The molecule has 3 unspecified atom stereocenters. The molecule has 1 nitrogen and oxygen atoms in total. The van der Waals surface area contributed by atoms with Crippen molar-refractivity contribution in [3.05, 3.63) is 11.6 Å². The van der Waals surface area contributed by atoms with Crippen molar-refractivity contribution in [2.45, 2.75) is 58.4 Å². The van der Waals surface area contributed by atoms with Crippen molar-refractivity contribution in [3.8, 4) is 0 Å². The fraction of sp³-hybridized carbons (Fsp3) is 0.846. The van der Waals surface area contributed by atoms with Gasteiger partial charge in [0.2, 0.25) is 0 Å². The average molecular weight is 193 g/mol. The molecule has 80 valence electrons. The standard InChI is InChI=1S/C13H23N/c1-10-4-5-12(2)7-11(6-10)8-13(3,14)9-12/h8,10H,4-7,9,14H2,1-3H3. The molecule has 1 heteroatoms. The predicted molar refractivity (Wildman–Crippen MR) is 61.0 cm³/mol. The lowest BCUT2D eigenvalue weighted by Gasteiger charge is -2.40. The highest BCUT2D eigenvalue weighted by Crippen LogP contribution is 2.47. The van der Waals surface area contributed by atoms with E-state index in [0.717, 1.165) is 12.3 Å². The lowest BCUT2D eigenvalue weighted by atomic mass is 9.68. The molecule has 0 aromatic heterocycles. The van der Waals surface area contributed by atoms with Crippen LogP contribution in [0.25, 0.3) is 0 Å². The Hall–Kier alpha value is -0.300. The maximum Gasteiger partial charge on any atom is 0.0318 e. The van der Waals surface area contributed by atoms with Gasteiger partial charge in [-0.1, -0.05) is 25.5 Å². The number of hydrogen-bond donors (Lipinski definition) is 1. The van der Waals surface area contributed by atoms with Crippen LogP contribution in [0.1, 0.15) is 52.9 Å². The molecule has 1 fully saturated rings. The van der Waals surface area contributed by atoms with Gasteiger partial charge in [0.1, 0.15) is 0 Å². The van der Waals surface area contributed by atoms with E-state index in [0.29, 0.717) is 5.41 Å². The first kappa shape index (κ1) is 10.2. The fourth-order valence-electron chi connectivity index (χ4n) is 3.55. The smallest absolute Gasteiger partial charge is 0.0318 e. The lowest BCUT2D eigenvalue weighted by Crippen LogP contribution is -2.42. The lowest BCUT2D eigenvalue weighted by molar-refractivity contribution is 0.211. The molecule has 3 atom stereocenters. The van der Waals surface area contributed by atoms with Gasteiger partial charge in [-0.25, -0.2) is 0 Å². The van der Waals surface area contributed by atoms with E-state index in [1.807, 2.05) is 0 Å². The summed E-state index contributed by atoms with van der Waals surface area (Å²) in [5, 5.41) is 0. The van der Waals surface area contributed by atoms with E-state index >= 15 is 0 Å². The van der Waals surface area contributed by atoms with Crippen molar-refractivity contribution in [3.63, 3.8) is 0 Å². The Bertz CT molecular complexity index is 264. The topological polar surface area (TPSA) is 26.0 Å². The molecule has 0 aromatic rings. The van der Waals surface area contributed by atoms with Gasteiger partial charge in [-0.2, -0.15) is 0 Å². The third-order valence-corrected chi connectivity index (χ3v) is 3.85. The molecule has 0 heterocycles. The maximum absolute atomic E-state index is 6.29. The maximum atomic E-state index is 6.29. The number of hydrogen-bond acceptors (Lipinski definition) is 1. The van der Waals surface area contributed by atoms with Crippen molar-refractivity contribution in [1.29, 1.82) is 0 Å². The molecule has 0 spiro atoms. The van der Waals surface area contributed by atoms with Crippen molar-refractivity contribution in [2.75, 3.05) is 0 Å². The zero-order valence-electron chi connectivity index (χ0n) is 9.77. The largest absolute Gasteiger partial charge is 0.322 e. The Labute approximate surface area is 87.8 Å². The highest BCUT2D eigenvalue weighted by atomic mass is 14.7. The number of allylic oxidation sites excluding steroid dienone is 1. The van der Waals surface area contributed by atoms with Gasteiger partial charge in [-0.05, 0) is 50.4 Å². The summed E-state index contributed by atoms with van der Waals surface area (Å²) in [4.78, 5) is 0. The second-order valence-corrected chi connectivity index (χ2v) is 6.32. The summed E-state index contributed by atoms with van der Waals surface area (Å²) in [5.41, 5.74) is 8.35. The van der Waals surface area contributed by atoms with E-state index < -0.39 is 0 Å². The fourth-order valence-corrected chi connectivity index (χ4v) is 3.55. The summed E-state index contributed by atoms with van der Waals surface area (Å²) in [7, 11) is 0. The molecule has 1 saturated carbocycles. The van der Waals surface area contributed by atoms with Gasteiger partial charge < -0.3 is 5.73 Å². The van der Waals surface area contributed by atoms with Crippen molar-refractivity contribution < 1.29 is 0 Å². The second-order valence-electron chi connectivity index (χ2n) is 6.32. The minimum Gasteiger partial charge on any atom is -0.322 e. The van der Waals surface area contributed by atoms with Crippen molar-refractivity contribution in [2.24, 2.45) is 17.1 Å². The monoisotopic (exact) mass is 193 g/mol. The number of fused-ring (bicyclic) bond motifs is 2.